The molecule has 0 spiro atoms. The van der Waals surface area contributed by atoms with Gasteiger partial charge in [-0.3, -0.25) is 0 Å². The van der Waals surface area contributed by atoms with Crippen molar-refractivity contribution in [2.45, 2.75) is 18.6 Å². The van der Waals surface area contributed by atoms with Gasteiger partial charge in [-0.2, -0.15) is 0 Å². The number of nitrogens with zero attached hydrogens (tertiary/aromatic N) is 3. The number of aromatic nitrogens is 3. The molecule has 1 unspecified atom stereocenters. The molecular formula is C10H6Cl2F2N4. The fourth-order valence-electron chi connectivity index (χ4n) is 1.61. The third-order valence-electron chi connectivity index (χ3n) is 2.65. The highest BCUT2D eigenvalue weighted by molar-refractivity contribution is 6.30. The molecule has 3 rings (SSSR count). The predicted octanol–water partition coefficient (Wildman–Crippen LogP) is 2.99. The highest BCUT2D eigenvalue weighted by Gasteiger charge is 2.38. The van der Waals surface area contributed by atoms with Gasteiger partial charge in [0.15, 0.2) is 11.0 Å². The highest BCUT2D eigenvalue weighted by atomic mass is 35.5. The molecule has 0 bridgehead atoms. The Kier molecular flexibility index (Phi) is 2.71. The molecular weight excluding hydrogens is 285 g/mol. The maximum atomic E-state index is 13.7. The Bertz CT molecular complexity index is 637. The third kappa shape index (κ3) is 1.95. The van der Waals surface area contributed by atoms with Crippen LogP contribution < -0.4 is 5.32 Å². The van der Waals surface area contributed by atoms with Gasteiger partial charge in [-0.15, -0.1) is 0 Å². The fourth-order valence-corrected chi connectivity index (χ4v) is 1.91. The van der Waals surface area contributed by atoms with Gasteiger partial charge in [-0.05, 0) is 11.6 Å². The normalized spacial score (nSPS) is 22.2. The molecule has 2 heterocycles. The summed E-state index contributed by atoms with van der Waals surface area (Å²) in [6.07, 6.45) is 0.806. The summed E-state index contributed by atoms with van der Waals surface area (Å²) in [5.41, 5.74) is -0.0337. The van der Waals surface area contributed by atoms with Gasteiger partial charge in [-0.1, -0.05) is 11.6 Å². The fraction of sp³-hybridized carbons (Fsp3) is 0.300. The molecule has 1 aliphatic rings. The summed E-state index contributed by atoms with van der Waals surface area (Å²) in [5.74, 6) is -0.507. The van der Waals surface area contributed by atoms with E-state index in [-0.39, 0.29) is 27.8 Å². The zero-order valence-electron chi connectivity index (χ0n) is 8.79. The number of rotatable bonds is 2. The van der Waals surface area contributed by atoms with Crippen molar-refractivity contribution in [1.82, 2.24) is 15.0 Å². The van der Waals surface area contributed by atoms with Gasteiger partial charge in [0, 0.05) is 12.6 Å². The average Bonchev–Trinajstić information content (AvgIpc) is 3.00. The van der Waals surface area contributed by atoms with Crippen LogP contribution in [-0.2, 0) is 0 Å². The largest absolute Gasteiger partial charge is 0.364 e. The molecule has 1 fully saturated rings. The lowest BCUT2D eigenvalue weighted by Crippen LogP contribution is -2.08. The first-order valence-electron chi connectivity index (χ1n) is 5.14. The molecule has 1 N–H and O–H groups in total. The minimum absolute atomic E-state index is 0.0337. The number of hydrogen-bond acceptors (Lipinski definition) is 4. The summed E-state index contributed by atoms with van der Waals surface area (Å²) in [7, 11) is 0. The van der Waals surface area contributed by atoms with Crippen molar-refractivity contribution in [2.24, 2.45) is 0 Å². The maximum Gasteiger partial charge on any atom is 0.225 e. The molecule has 0 aliphatic heterocycles. The smallest absolute Gasteiger partial charge is 0.225 e. The minimum Gasteiger partial charge on any atom is -0.364 e. The van der Waals surface area contributed by atoms with Gasteiger partial charge >= 0.3 is 0 Å². The van der Waals surface area contributed by atoms with Crippen LogP contribution in [0.25, 0.3) is 10.9 Å². The summed E-state index contributed by atoms with van der Waals surface area (Å²) in [6, 6.07) is -0.321. The maximum absolute atomic E-state index is 13.7. The van der Waals surface area contributed by atoms with Crippen LogP contribution in [0.15, 0.2) is 6.20 Å². The van der Waals surface area contributed by atoms with Crippen LogP contribution in [0.2, 0.25) is 10.4 Å². The van der Waals surface area contributed by atoms with E-state index < -0.39 is 12.0 Å². The molecule has 2 atom stereocenters. The topological polar surface area (TPSA) is 50.7 Å². The van der Waals surface area contributed by atoms with Crippen LogP contribution in [0.1, 0.15) is 6.42 Å². The van der Waals surface area contributed by atoms with E-state index >= 15 is 0 Å². The summed E-state index contributed by atoms with van der Waals surface area (Å²) in [5, 5.41) is 2.73. The van der Waals surface area contributed by atoms with Crippen LogP contribution >= 0.6 is 23.2 Å². The van der Waals surface area contributed by atoms with E-state index in [2.05, 4.69) is 20.3 Å². The number of anilines is 1. The monoisotopic (exact) mass is 290 g/mol. The number of alkyl halides is 1. The standard InChI is InChI=1S/C10H6Cl2F2N4/c11-8-6(14)7-3(2-15-8)9(18-10(12)17-7)16-5-1-4(5)13/h2,4-5H,1H2,(H,16,17,18)/t4-,5?/m1/s1. The van der Waals surface area contributed by atoms with Crippen molar-refractivity contribution in [3.63, 3.8) is 0 Å². The Morgan fingerprint density at radius 1 is 1.33 bits per heavy atom. The molecule has 8 heteroatoms. The van der Waals surface area contributed by atoms with E-state index in [0.29, 0.717) is 11.8 Å². The first kappa shape index (κ1) is 11.8. The van der Waals surface area contributed by atoms with Gasteiger partial charge < -0.3 is 5.32 Å². The van der Waals surface area contributed by atoms with Gasteiger partial charge in [0.25, 0.3) is 0 Å². The molecule has 0 radical (unpaired) electrons. The minimum atomic E-state index is -0.918. The number of halogens is 4. The first-order valence-corrected chi connectivity index (χ1v) is 5.89. The second kappa shape index (κ2) is 4.13. The van der Waals surface area contributed by atoms with Crippen LogP contribution in [-0.4, -0.2) is 27.2 Å². The van der Waals surface area contributed by atoms with Crippen molar-refractivity contribution in [2.75, 3.05) is 5.32 Å². The molecule has 0 aromatic carbocycles. The first-order chi connectivity index (χ1) is 8.56. The van der Waals surface area contributed by atoms with E-state index in [1.54, 1.807) is 0 Å². The predicted molar refractivity (Wildman–Crippen MR) is 64.2 cm³/mol. The lowest BCUT2D eigenvalue weighted by molar-refractivity contribution is 0.472. The molecule has 0 amide bonds. The molecule has 2 aromatic rings. The Balaban J connectivity index is 2.15. The van der Waals surface area contributed by atoms with Crippen LogP contribution in [0.5, 0.6) is 0 Å². The van der Waals surface area contributed by atoms with Crippen molar-refractivity contribution >= 4 is 39.9 Å². The molecule has 18 heavy (non-hydrogen) atoms. The van der Waals surface area contributed by atoms with E-state index in [4.69, 9.17) is 23.2 Å². The quantitative estimate of drug-likeness (QED) is 0.682. The molecule has 94 valence electrons. The van der Waals surface area contributed by atoms with Gasteiger partial charge in [-0.25, -0.2) is 23.7 Å². The summed E-state index contributed by atoms with van der Waals surface area (Å²) < 4.78 is 26.6. The van der Waals surface area contributed by atoms with Crippen LogP contribution in [0, 0.1) is 5.82 Å². The summed E-state index contributed by atoms with van der Waals surface area (Å²) in [6.45, 7) is 0. The lowest BCUT2D eigenvalue weighted by Gasteiger charge is -2.08. The second-order valence-electron chi connectivity index (χ2n) is 3.97. The van der Waals surface area contributed by atoms with Crippen molar-refractivity contribution in [3.8, 4) is 0 Å². The molecule has 4 nitrogen and oxygen atoms in total. The SMILES string of the molecule is Fc1c(Cl)ncc2c(NC3C[C@H]3F)nc(Cl)nc12. The highest BCUT2D eigenvalue weighted by Crippen LogP contribution is 2.32. The van der Waals surface area contributed by atoms with Gasteiger partial charge in [0.05, 0.1) is 11.4 Å². The Labute approximate surface area is 110 Å². The molecule has 2 aromatic heterocycles. The zero-order chi connectivity index (χ0) is 12.9. The lowest BCUT2D eigenvalue weighted by atomic mass is 10.3. The van der Waals surface area contributed by atoms with Crippen molar-refractivity contribution < 1.29 is 8.78 Å². The summed E-state index contributed by atoms with van der Waals surface area (Å²) >= 11 is 11.3. The van der Waals surface area contributed by atoms with E-state index in [1.807, 2.05) is 0 Å². The number of fused-ring (bicyclic) bond motifs is 1. The molecule has 1 saturated carbocycles. The Hall–Kier alpha value is -1.27. The number of pyridine rings is 1. The Morgan fingerprint density at radius 2 is 2.06 bits per heavy atom. The van der Waals surface area contributed by atoms with Gasteiger partial charge in [0.1, 0.15) is 17.5 Å². The second-order valence-corrected chi connectivity index (χ2v) is 4.67. The molecule has 0 saturated heterocycles. The van der Waals surface area contributed by atoms with E-state index in [9.17, 15) is 8.78 Å². The third-order valence-corrected chi connectivity index (χ3v) is 3.08. The van der Waals surface area contributed by atoms with Gasteiger partial charge in [0.2, 0.25) is 5.28 Å². The zero-order valence-corrected chi connectivity index (χ0v) is 10.3. The Morgan fingerprint density at radius 3 is 2.72 bits per heavy atom. The van der Waals surface area contributed by atoms with Crippen molar-refractivity contribution in [1.29, 1.82) is 0 Å². The van der Waals surface area contributed by atoms with Crippen LogP contribution in [0.3, 0.4) is 0 Å². The summed E-state index contributed by atoms with van der Waals surface area (Å²) in [4.78, 5) is 11.4. The van der Waals surface area contributed by atoms with E-state index in [1.165, 1.54) is 6.20 Å². The average molecular weight is 291 g/mol. The van der Waals surface area contributed by atoms with Crippen LogP contribution in [0.4, 0.5) is 14.6 Å². The number of hydrogen-bond donors (Lipinski definition) is 1. The van der Waals surface area contributed by atoms with E-state index in [0.717, 1.165) is 0 Å². The molecule has 1 aliphatic carbocycles. The van der Waals surface area contributed by atoms with Crippen molar-refractivity contribution in [3.05, 3.63) is 22.5 Å². The number of nitrogens with one attached hydrogen (secondary N) is 1.